The van der Waals surface area contributed by atoms with Gasteiger partial charge in [-0.15, -0.1) is 0 Å². The van der Waals surface area contributed by atoms with Crippen molar-refractivity contribution in [2.24, 2.45) is 0 Å². The fourth-order valence-corrected chi connectivity index (χ4v) is 3.53. The topological polar surface area (TPSA) is 97.3 Å². The van der Waals surface area contributed by atoms with Gasteiger partial charge in [-0.1, -0.05) is 30.3 Å². The third-order valence-corrected chi connectivity index (χ3v) is 5.16. The number of rotatable bonds is 7. The molecule has 1 saturated heterocycles. The second-order valence-corrected chi connectivity index (χ2v) is 7.01. The van der Waals surface area contributed by atoms with E-state index in [2.05, 4.69) is 5.32 Å². The second kappa shape index (κ2) is 9.98. The highest BCUT2D eigenvalue weighted by atomic mass is 16.5. The number of hydrogen-bond acceptors (Lipinski definition) is 6. The fraction of sp³-hybridized carbons (Fsp3) is 0.364. The number of amides is 1. The lowest BCUT2D eigenvalue weighted by Gasteiger charge is -2.39. The van der Waals surface area contributed by atoms with E-state index in [1.54, 1.807) is 19.2 Å². The van der Waals surface area contributed by atoms with E-state index in [1.807, 2.05) is 41.3 Å². The summed E-state index contributed by atoms with van der Waals surface area (Å²) in [7, 11) is 3.03. The molecule has 2 atom stereocenters. The molecule has 0 aromatic heterocycles. The molecule has 0 radical (unpaired) electrons. The second-order valence-electron chi connectivity index (χ2n) is 7.01. The van der Waals surface area contributed by atoms with Crippen molar-refractivity contribution in [2.45, 2.75) is 25.2 Å². The molecule has 160 valence electrons. The van der Waals surface area contributed by atoms with Gasteiger partial charge in [0.2, 0.25) is 0 Å². The first-order valence-electron chi connectivity index (χ1n) is 9.68. The number of nitrogens with zero attached hydrogens (tertiary/aromatic N) is 1. The Hall–Kier alpha value is -3.26. The van der Waals surface area contributed by atoms with Crippen molar-refractivity contribution in [3.8, 4) is 5.75 Å². The number of benzene rings is 2. The van der Waals surface area contributed by atoms with Crippen LogP contribution in [0, 0.1) is 0 Å². The van der Waals surface area contributed by atoms with Crippen molar-refractivity contribution in [3.63, 3.8) is 0 Å². The first-order valence-corrected chi connectivity index (χ1v) is 9.68. The van der Waals surface area contributed by atoms with Crippen molar-refractivity contribution < 1.29 is 28.9 Å². The van der Waals surface area contributed by atoms with Gasteiger partial charge in [0.1, 0.15) is 17.9 Å². The van der Waals surface area contributed by atoms with Gasteiger partial charge in [0, 0.05) is 25.9 Å². The molecular formula is C22H26N2O6. The summed E-state index contributed by atoms with van der Waals surface area (Å²) >= 11 is 0. The molecule has 0 bridgehead atoms. The van der Waals surface area contributed by atoms with E-state index in [4.69, 9.17) is 14.2 Å². The van der Waals surface area contributed by atoms with Crippen LogP contribution in [0.2, 0.25) is 0 Å². The van der Waals surface area contributed by atoms with Crippen LogP contribution >= 0.6 is 0 Å². The maximum absolute atomic E-state index is 12.2. The molecule has 1 heterocycles. The summed E-state index contributed by atoms with van der Waals surface area (Å²) in [5, 5.41) is 12.3. The number of hydrogen-bond donors (Lipinski definition) is 2. The minimum absolute atomic E-state index is 0.105. The summed E-state index contributed by atoms with van der Waals surface area (Å²) in [5.74, 6) is -0.734. The number of piperidine rings is 1. The van der Waals surface area contributed by atoms with E-state index in [-0.39, 0.29) is 24.3 Å². The Labute approximate surface area is 175 Å². The number of anilines is 1. The SMILES string of the molecule is COc1ccc(N2CC[C@H](NC(=O)OCc3ccccc3)[C@H](OC)C2)cc1C(=O)O. The quantitative estimate of drug-likeness (QED) is 0.719. The Morgan fingerprint density at radius 1 is 1.17 bits per heavy atom. The Morgan fingerprint density at radius 2 is 1.93 bits per heavy atom. The highest BCUT2D eigenvalue weighted by molar-refractivity contribution is 5.92. The van der Waals surface area contributed by atoms with Gasteiger partial charge in [-0.25, -0.2) is 9.59 Å². The Bertz CT molecular complexity index is 873. The number of ether oxygens (including phenoxy) is 3. The van der Waals surface area contributed by atoms with Crippen molar-refractivity contribution in [1.82, 2.24) is 5.32 Å². The average molecular weight is 414 g/mol. The van der Waals surface area contributed by atoms with Gasteiger partial charge in [0.25, 0.3) is 0 Å². The number of carbonyl (C=O) groups excluding carboxylic acids is 1. The van der Waals surface area contributed by atoms with Crippen LogP contribution in [0.3, 0.4) is 0 Å². The van der Waals surface area contributed by atoms with Gasteiger partial charge in [-0.2, -0.15) is 0 Å². The van der Waals surface area contributed by atoms with Crippen molar-refractivity contribution >= 4 is 17.7 Å². The molecular weight excluding hydrogens is 388 g/mol. The minimum Gasteiger partial charge on any atom is -0.496 e. The molecule has 3 rings (SSSR count). The van der Waals surface area contributed by atoms with Gasteiger partial charge < -0.3 is 29.5 Å². The number of nitrogens with one attached hydrogen (secondary N) is 1. The number of alkyl carbamates (subject to hydrolysis) is 1. The van der Waals surface area contributed by atoms with Crippen molar-refractivity contribution in [2.75, 3.05) is 32.2 Å². The third-order valence-electron chi connectivity index (χ3n) is 5.16. The van der Waals surface area contributed by atoms with E-state index in [9.17, 15) is 14.7 Å². The van der Waals surface area contributed by atoms with E-state index in [0.717, 1.165) is 11.3 Å². The van der Waals surface area contributed by atoms with Crippen LogP contribution in [-0.2, 0) is 16.1 Å². The first-order chi connectivity index (χ1) is 14.5. The minimum atomic E-state index is -1.05. The number of carboxylic acids is 1. The molecule has 0 aliphatic carbocycles. The molecule has 0 spiro atoms. The van der Waals surface area contributed by atoms with Crippen LogP contribution in [0.4, 0.5) is 10.5 Å². The van der Waals surface area contributed by atoms with E-state index < -0.39 is 12.1 Å². The molecule has 8 nitrogen and oxygen atoms in total. The van der Waals surface area contributed by atoms with Gasteiger partial charge >= 0.3 is 12.1 Å². The lowest BCUT2D eigenvalue weighted by Crippen LogP contribution is -2.55. The summed E-state index contributed by atoms with van der Waals surface area (Å²) in [4.78, 5) is 25.7. The molecule has 1 aliphatic rings. The maximum Gasteiger partial charge on any atom is 0.407 e. The van der Waals surface area contributed by atoms with Gasteiger partial charge in [-0.05, 0) is 30.2 Å². The summed E-state index contributed by atoms with van der Waals surface area (Å²) in [6.45, 7) is 1.34. The van der Waals surface area contributed by atoms with E-state index in [0.29, 0.717) is 25.3 Å². The molecule has 8 heteroatoms. The smallest absolute Gasteiger partial charge is 0.407 e. The van der Waals surface area contributed by atoms with Gasteiger partial charge in [0.15, 0.2) is 0 Å². The third kappa shape index (κ3) is 5.21. The molecule has 1 amide bonds. The number of carboxylic acid groups (broad SMARTS) is 1. The maximum atomic E-state index is 12.2. The molecule has 2 N–H and O–H groups in total. The van der Waals surface area contributed by atoms with Crippen LogP contribution in [0.25, 0.3) is 0 Å². The molecule has 1 fully saturated rings. The normalized spacial score (nSPS) is 18.5. The number of methoxy groups -OCH3 is 2. The van der Waals surface area contributed by atoms with Crippen molar-refractivity contribution in [1.29, 1.82) is 0 Å². The summed E-state index contributed by atoms with van der Waals surface area (Å²) in [5.41, 5.74) is 1.79. The van der Waals surface area contributed by atoms with Gasteiger partial charge in [-0.3, -0.25) is 0 Å². The monoisotopic (exact) mass is 414 g/mol. The standard InChI is InChI=1S/C22H26N2O6/c1-28-19-9-8-16(12-17(19)21(25)26)24-11-10-18(20(13-24)29-2)23-22(27)30-14-15-6-4-3-5-7-15/h3-9,12,18,20H,10-11,13-14H2,1-2H3,(H,23,27)(H,25,26)/t18-,20+/m0/s1. The zero-order valence-corrected chi connectivity index (χ0v) is 17.0. The highest BCUT2D eigenvalue weighted by Gasteiger charge is 2.31. The molecule has 0 saturated carbocycles. The van der Waals surface area contributed by atoms with Gasteiger partial charge in [0.05, 0.1) is 19.3 Å². The summed E-state index contributed by atoms with van der Waals surface area (Å²) in [6.07, 6.45) is -0.122. The number of aromatic carboxylic acids is 1. The Balaban J connectivity index is 1.60. The highest BCUT2D eigenvalue weighted by Crippen LogP contribution is 2.28. The summed E-state index contributed by atoms with van der Waals surface area (Å²) < 4.78 is 16.0. The van der Waals surface area contributed by atoms with E-state index in [1.165, 1.54) is 7.11 Å². The van der Waals surface area contributed by atoms with E-state index >= 15 is 0 Å². The molecule has 30 heavy (non-hydrogen) atoms. The Kier molecular flexibility index (Phi) is 7.13. The lowest BCUT2D eigenvalue weighted by atomic mass is 10.0. The predicted molar refractivity (Wildman–Crippen MR) is 111 cm³/mol. The zero-order chi connectivity index (χ0) is 21.5. The predicted octanol–water partition coefficient (Wildman–Crippen LogP) is 2.91. The zero-order valence-electron chi connectivity index (χ0n) is 17.0. The molecule has 0 unspecified atom stereocenters. The van der Waals surface area contributed by atoms with Crippen LogP contribution in [0.5, 0.6) is 5.75 Å². The lowest BCUT2D eigenvalue weighted by molar-refractivity contribution is 0.0546. The first kappa shape index (κ1) is 21.4. The fourth-order valence-electron chi connectivity index (χ4n) is 3.53. The van der Waals surface area contributed by atoms with Crippen LogP contribution in [0.1, 0.15) is 22.3 Å². The average Bonchev–Trinajstić information content (AvgIpc) is 2.78. The molecule has 2 aromatic carbocycles. The Morgan fingerprint density at radius 3 is 2.60 bits per heavy atom. The van der Waals surface area contributed by atoms with Crippen molar-refractivity contribution in [3.05, 3.63) is 59.7 Å². The number of carbonyl (C=O) groups is 2. The van der Waals surface area contributed by atoms with Crippen LogP contribution in [0.15, 0.2) is 48.5 Å². The molecule has 1 aliphatic heterocycles. The largest absolute Gasteiger partial charge is 0.496 e. The summed E-state index contributed by atoms with van der Waals surface area (Å²) in [6, 6.07) is 14.3. The van der Waals surface area contributed by atoms with Crippen LogP contribution in [-0.4, -0.2) is 56.6 Å². The van der Waals surface area contributed by atoms with Crippen LogP contribution < -0.4 is 15.0 Å². The molecule has 2 aromatic rings.